The number of para-hydroxylation sites is 1. The summed E-state index contributed by atoms with van der Waals surface area (Å²) in [6.45, 7) is 0.284. The van der Waals surface area contributed by atoms with Crippen LogP contribution in [-0.2, 0) is 19.4 Å². The predicted octanol–water partition coefficient (Wildman–Crippen LogP) is 4.64. The highest BCUT2D eigenvalue weighted by atomic mass is 35.5. The maximum absolute atomic E-state index is 6.19. The summed E-state index contributed by atoms with van der Waals surface area (Å²) >= 11 is 6.19. The summed E-state index contributed by atoms with van der Waals surface area (Å²) in [4.78, 5) is 4.30. The second-order valence-electron chi connectivity index (χ2n) is 6.63. The van der Waals surface area contributed by atoms with Crippen LogP contribution < -0.4 is 4.74 Å². The third kappa shape index (κ3) is 3.05. The number of hydrogen-bond donors (Lipinski definition) is 0. The van der Waals surface area contributed by atoms with E-state index in [9.17, 15) is 0 Å². The number of benzene rings is 2. The second-order valence-corrected chi connectivity index (χ2v) is 7.03. The molecule has 0 bridgehead atoms. The molecule has 0 amide bonds. The number of fused-ring (bicyclic) bond motifs is 1. The molecule has 0 atom stereocenters. The topological polar surface area (TPSA) is 66.0 Å². The molecule has 2 aromatic carbocycles. The summed E-state index contributed by atoms with van der Waals surface area (Å²) in [5.41, 5.74) is 5.19. The van der Waals surface area contributed by atoms with Gasteiger partial charge in [0.2, 0.25) is 5.82 Å². The lowest BCUT2D eigenvalue weighted by Gasteiger charge is -2.04. The van der Waals surface area contributed by atoms with E-state index < -0.39 is 0 Å². The smallest absolute Gasteiger partial charge is 0.418 e. The van der Waals surface area contributed by atoms with Crippen molar-refractivity contribution in [2.75, 3.05) is 0 Å². The summed E-state index contributed by atoms with van der Waals surface area (Å²) in [5.74, 6) is 0.403. The molecule has 1 aliphatic carbocycles. The fourth-order valence-corrected chi connectivity index (χ4v) is 3.78. The summed E-state index contributed by atoms with van der Waals surface area (Å²) in [6.07, 6.45) is 3.27. The van der Waals surface area contributed by atoms with Crippen molar-refractivity contribution < 1.29 is 9.26 Å². The first kappa shape index (κ1) is 17.0. The Morgan fingerprint density at radius 3 is 2.71 bits per heavy atom. The van der Waals surface area contributed by atoms with Gasteiger partial charge in [-0.1, -0.05) is 47.1 Å². The molecule has 2 aromatic heterocycles. The van der Waals surface area contributed by atoms with Gasteiger partial charge in [-0.25, -0.2) is 4.68 Å². The molecule has 0 saturated carbocycles. The van der Waals surface area contributed by atoms with Crippen molar-refractivity contribution in [2.24, 2.45) is 0 Å². The third-order valence-electron chi connectivity index (χ3n) is 4.87. The number of hydrogen-bond acceptors (Lipinski definition) is 5. The fraction of sp³-hybridized carbons (Fsp3) is 0.190. The molecule has 28 heavy (non-hydrogen) atoms. The number of rotatable bonds is 5. The Bertz CT molecular complexity index is 1120. The highest BCUT2D eigenvalue weighted by Crippen LogP contribution is 2.29. The molecule has 2 heterocycles. The van der Waals surface area contributed by atoms with Gasteiger partial charge in [-0.05, 0) is 43.5 Å². The molecule has 0 radical (unpaired) electrons. The van der Waals surface area contributed by atoms with E-state index in [2.05, 4.69) is 22.3 Å². The van der Waals surface area contributed by atoms with Gasteiger partial charge in [-0.3, -0.25) is 4.52 Å². The van der Waals surface area contributed by atoms with E-state index in [-0.39, 0.29) is 12.7 Å². The van der Waals surface area contributed by atoms with Crippen molar-refractivity contribution in [1.82, 2.24) is 19.9 Å². The van der Waals surface area contributed by atoms with Gasteiger partial charge >= 0.3 is 6.08 Å². The van der Waals surface area contributed by atoms with E-state index in [4.69, 9.17) is 26.0 Å². The zero-order chi connectivity index (χ0) is 18.9. The minimum atomic E-state index is 0.107. The van der Waals surface area contributed by atoms with Gasteiger partial charge in [-0.2, -0.15) is 10.1 Å². The Hall–Kier alpha value is -3.12. The zero-order valence-electron chi connectivity index (χ0n) is 15.0. The second kappa shape index (κ2) is 7.13. The van der Waals surface area contributed by atoms with Crippen molar-refractivity contribution in [3.05, 3.63) is 76.6 Å². The van der Waals surface area contributed by atoms with E-state index in [0.29, 0.717) is 16.4 Å². The molecule has 4 aromatic rings. The lowest BCUT2D eigenvalue weighted by Crippen LogP contribution is -2.03. The number of nitrogens with zero attached hydrogens (tertiary/aromatic N) is 4. The van der Waals surface area contributed by atoms with E-state index in [1.165, 1.54) is 11.3 Å². The Balaban J connectivity index is 1.38. The van der Waals surface area contributed by atoms with Gasteiger partial charge in [0.25, 0.3) is 0 Å². The Morgan fingerprint density at radius 2 is 1.86 bits per heavy atom. The van der Waals surface area contributed by atoms with Crippen LogP contribution >= 0.6 is 11.6 Å². The van der Waals surface area contributed by atoms with Gasteiger partial charge in [-0.15, -0.1) is 0 Å². The molecule has 0 saturated heterocycles. The van der Waals surface area contributed by atoms with Crippen molar-refractivity contribution >= 4 is 11.6 Å². The van der Waals surface area contributed by atoms with E-state index >= 15 is 0 Å². The van der Waals surface area contributed by atoms with Crippen molar-refractivity contribution in [2.45, 2.75) is 25.9 Å². The average Bonchev–Trinajstić information content (AvgIpc) is 3.45. The quantitative estimate of drug-likeness (QED) is 0.495. The molecule has 0 aliphatic heterocycles. The van der Waals surface area contributed by atoms with Crippen LogP contribution in [0.2, 0.25) is 5.02 Å². The first-order valence-corrected chi connectivity index (χ1v) is 9.54. The third-order valence-corrected chi connectivity index (χ3v) is 5.20. The molecule has 140 valence electrons. The summed E-state index contributed by atoms with van der Waals surface area (Å²) in [7, 11) is 0. The fourth-order valence-electron chi connectivity index (χ4n) is 3.56. The number of ether oxygens (including phenoxy) is 1. The van der Waals surface area contributed by atoms with Crippen LogP contribution in [0.1, 0.15) is 23.4 Å². The van der Waals surface area contributed by atoms with Gasteiger partial charge in [0.1, 0.15) is 12.3 Å². The van der Waals surface area contributed by atoms with Gasteiger partial charge in [0, 0.05) is 16.8 Å². The van der Waals surface area contributed by atoms with Crippen molar-refractivity contribution in [3.8, 4) is 23.2 Å². The number of aromatic nitrogens is 4. The minimum absolute atomic E-state index is 0.107. The van der Waals surface area contributed by atoms with Crippen LogP contribution in [0, 0.1) is 0 Å². The highest BCUT2D eigenvalue weighted by molar-refractivity contribution is 6.33. The van der Waals surface area contributed by atoms with Crippen LogP contribution in [0.15, 0.2) is 59.1 Å². The first-order chi connectivity index (χ1) is 13.8. The standard InChI is InChI=1S/C21H17ClN4O2/c22-17-11-5-4-9-15(17)20-23-21(28-25-20)27-13-18-16-10-6-12-19(16)26(24-18)14-7-2-1-3-8-14/h1-5,7-9,11H,6,10,12-13H2. The largest absolute Gasteiger partial charge is 0.442 e. The molecule has 0 unspecified atom stereocenters. The summed E-state index contributed by atoms with van der Waals surface area (Å²) < 4.78 is 13.0. The highest BCUT2D eigenvalue weighted by Gasteiger charge is 2.24. The van der Waals surface area contributed by atoms with Crippen LogP contribution in [0.25, 0.3) is 17.1 Å². The molecule has 7 heteroatoms. The Kier molecular flexibility index (Phi) is 4.33. The zero-order valence-corrected chi connectivity index (χ0v) is 15.8. The molecule has 1 aliphatic rings. The van der Waals surface area contributed by atoms with Gasteiger partial charge in [0.05, 0.1) is 10.7 Å². The average molecular weight is 393 g/mol. The number of halogens is 1. The van der Waals surface area contributed by atoms with Crippen LogP contribution in [0.5, 0.6) is 6.08 Å². The molecule has 0 N–H and O–H groups in total. The van der Waals surface area contributed by atoms with E-state index in [1.807, 2.05) is 41.1 Å². The van der Waals surface area contributed by atoms with Crippen LogP contribution in [0.3, 0.4) is 0 Å². The molecule has 0 fully saturated rings. The summed E-state index contributed by atoms with van der Waals surface area (Å²) in [6, 6.07) is 17.5. The molecular weight excluding hydrogens is 376 g/mol. The van der Waals surface area contributed by atoms with E-state index in [1.54, 1.807) is 6.07 Å². The Labute approximate surface area is 166 Å². The summed E-state index contributed by atoms with van der Waals surface area (Å²) in [5, 5.41) is 9.30. The Morgan fingerprint density at radius 1 is 1.04 bits per heavy atom. The van der Waals surface area contributed by atoms with Gasteiger partial charge < -0.3 is 4.74 Å². The lowest BCUT2D eigenvalue weighted by atomic mass is 10.2. The maximum Gasteiger partial charge on any atom is 0.418 e. The monoisotopic (exact) mass is 392 g/mol. The normalized spacial score (nSPS) is 12.9. The first-order valence-electron chi connectivity index (χ1n) is 9.16. The van der Waals surface area contributed by atoms with Gasteiger partial charge in [0.15, 0.2) is 0 Å². The minimum Gasteiger partial charge on any atom is -0.442 e. The predicted molar refractivity (Wildman–Crippen MR) is 105 cm³/mol. The molecule has 0 spiro atoms. The molecule has 5 rings (SSSR count). The lowest BCUT2D eigenvalue weighted by molar-refractivity contribution is 0.192. The van der Waals surface area contributed by atoms with Crippen molar-refractivity contribution in [1.29, 1.82) is 0 Å². The molecule has 6 nitrogen and oxygen atoms in total. The maximum atomic E-state index is 6.19. The molecular formula is C21H17ClN4O2. The van der Waals surface area contributed by atoms with Crippen molar-refractivity contribution in [3.63, 3.8) is 0 Å². The van der Waals surface area contributed by atoms with Crippen LogP contribution in [-0.4, -0.2) is 19.9 Å². The van der Waals surface area contributed by atoms with E-state index in [0.717, 1.165) is 30.6 Å². The SMILES string of the molecule is Clc1ccccc1-c1noc(OCc2nn(-c3ccccc3)c3c2CCC3)n1. The van der Waals surface area contributed by atoms with Crippen LogP contribution in [0.4, 0.5) is 0 Å².